The Morgan fingerprint density at radius 2 is 1.83 bits per heavy atom. The zero-order valence-electron chi connectivity index (χ0n) is 27.7. The standard InChI is InChI=1S/C36H52N2O8/c1-6-20-43-26-16-17-31-29(23-26)33-27(15-11-13-19-40)25(14-10-12-18-39)22-28-30(37-45-9-4)24-32(38(5)35(41)42-8-3)36(46-31,34(28)33)44-21-7-2/h6-7,16-17,22-23,25,27,32-34,39-40H,1-2,8-15,18-21,24H2,3-5H3. The Labute approximate surface area is 273 Å². The molecule has 10 nitrogen and oxygen atoms in total. The molecule has 6 atom stereocenters. The van der Waals surface area contributed by atoms with Crippen LogP contribution in [0.25, 0.3) is 0 Å². The van der Waals surface area contributed by atoms with E-state index in [0.29, 0.717) is 37.6 Å². The predicted molar refractivity (Wildman–Crippen MR) is 177 cm³/mol. The van der Waals surface area contributed by atoms with E-state index >= 15 is 0 Å². The third-order valence-electron chi connectivity index (χ3n) is 9.34. The third kappa shape index (κ3) is 7.45. The molecule has 1 amide bonds. The first-order valence-electron chi connectivity index (χ1n) is 16.7. The van der Waals surface area contributed by atoms with Crippen LogP contribution in [0.2, 0.25) is 0 Å². The van der Waals surface area contributed by atoms with Crippen LogP contribution >= 0.6 is 0 Å². The summed E-state index contributed by atoms with van der Waals surface area (Å²) in [5, 5.41) is 24.0. The van der Waals surface area contributed by atoms with Crippen LogP contribution < -0.4 is 9.47 Å². The Kier molecular flexibility index (Phi) is 13.1. The lowest BCUT2D eigenvalue weighted by atomic mass is 9.55. The van der Waals surface area contributed by atoms with E-state index in [9.17, 15) is 15.0 Å². The Morgan fingerprint density at radius 1 is 1.09 bits per heavy atom. The molecule has 0 spiro atoms. The van der Waals surface area contributed by atoms with Gasteiger partial charge in [0, 0.05) is 38.2 Å². The van der Waals surface area contributed by atoms with Gasteiger partial charge in [-0.2, -0.15) is 0 Å². The first kappa shape index (κ1) is 35.5. The molecule has 2 N–H and O–H groups in total. The van der Waals surface area contributed by atoms with E-state index in [1.807, 2.05) is 19.1 Å². The Morgan fingerprint density at radius 3 is 2.50 bits per heavy atom. The van der Waals surface area contributed by atoms with E-state index in [1.54, 1.807) is 31.0 Å². The maximum Gasteiger partial charge on any atom is 0.409 e. The summed E-state index contributed by atoms with van der Waals surface area (Å²) in [6.45, 7) is 12.9. The highest BCUT2D eigenvalue weighted by Crippen LogP contribution is 2.61. The molecule has 4 rings (SSSR count). The second-order valence-electron chi connectivity index (χ2n) is 12.1. The SMILES string of the molecule is C=CCOc1ccc2c(c1)C1C(CCCCO)C(CCCCO)C=C3C(=NOCC)CC(N(C)C(=O)OCC)C(OCC=C)(O2)C31. The maximum atomic E-state index is 13.3. The zero-order chi connectivity index (χ0) is 33.1. The van der Waals surface area contributed by atoms with Gasteiger partial charge in [0.2, 0.25) is 5.79 Å². The van der Waals surface area contributed by atoms with Crippen molar-refractivity contribution in [2.45, 2.75) is 76.5 Å². The molecule has 1 aliphatic heterocycles. The first-order valence-corrected chi connectivity index (χ1v) is 16.7. The van der Waals surface area contributed by atoms with Crippen LogP contribution in [0.4, 0.5) is 4.79 Å². The van der Waals surface area contributed by atoms with Gasteiger partial charge in [-0.25, -0.2) is 4.79 Å². The second-order valence-corrected chi connectivity index (χ2v) is 12.1. The Hall–Kier alpha value is -3.34. The van der Waals surface area contributed by atoms with Gasteiger partial charge in [-0.1, -0.05) is 42.8 Å². The van der Waals surface area contributed by atoms with E-state index in [2.05, 4.69) is 30.5 Å². The largest absolute Gasteiger partial charge is 0.490 e. The summed E-state index contributed by atoms with van der Waals surface area (Å²) in [5.74, 6) is -0.0774. The topological polar surface area (TPSA) is 119 Å². The molecular weight excluding hydrogens is 588 g/mol. The van der Waals surface area contributed by atoms with Gasteiger partial charge in [-0.05, 0) is 75.1 Å². The number of aliphatic hydroxyl groups excluding tert-OH is 2. The third-order valence-corrected chi connectivity index (χ3v) is 9.34. The highest BCUT2D eigenvalue weighted by atomic mass is 16.7. The lowest BCUT2D eigenvalue weighted by Gasteiger charge is -2.59. The molecule has 1 aromatic carbocycles. The lowest BCUT2D eigenvalue weighted by molar-refractivity contribution is -0.253. The molecule has 0 saturated heterocycles. The van der Waals surface area contributed by atoms with Crippen molar-refractivity contribution in [3.05, 3.63) is 60.7 Å². The number of ether oxygens (including phenoxy) is 4. The van der Waals surface area contributed by atoms with Gasteiger partial charge in [-0.15, -0.1) is 6.58 Å². The number of oxime groups is 1. The van der Waals surface area contributed by atoms with Gasteiger partial charge in [-0.3, -0.25) is 0 Å². The normalized spacial score (nSPS) is 27.0. The van der Waals surface area contributed by atoms with Crippen molar-refractivity contribution in [2.75, 3.05) is 46.7 Å². The molecule has 254 valence electrons. The fourth-order valence-electron chi connectivity index (χ4n) is 7.47. The van der Waals surface area contributed by atoms with Crippen molar-refractivity contribution >= 4 is 11.8 Å². The summed E-state index contributed by atoms with van der Waals surface area (Å²) in [6, 6.07) is 5.27. The van der Waals surface area contributed by atoms with Gasteiger partial charge in [0.1, 0.15) is 30.8 Å². The number of fused-ring (bicyclic) bond motifs is 2. The molecule has 10 heteroatoms. The molecular formula is C36H52N2O8. The summed E-state index contributed by atoms with van der Waals surface area (Å²) in [6.07, 6.45) is 10.5. The van der Waals surface area contributed by atoms with Crippen LogP contribution in [-0.2, 0) is 14.3 Å². The second kappa shape index (κ2) is 17.0. The van der Waals surface area contributed by atoms with Crippen LogP contribution in [0.1, 0.15) is 70.3 Å². The summed E-state index contributed by atoms with van der Waals surface area (Å²) in [7, 11) is 1.72. The van der Waals surface area contributed by atoms with Gasteiger partial charge in [0.15, 0.2) is 0 Å². The fraction of sp³-hybridized carbons (Fsp3) is 0.611. The van der Waals surface area contributed by atoms with E-state index in [-0.39, 0.29) is 50.1 Å². The summed E-state index contributed by atoms with van der Waals surface area (Å²) >= 11 is 0. The van der Waals surface area contributed by atoms with E-state index < -0.39 is 17.9 Å². The lowest BCUT2D eigenvalue weighted by Crippen LogP contribution is -2.69. The Balaban J connectivity index is 2.00. The Bertz CT molecular complexity index is 1250. The molecule has 0 radical (unpaired) electrons. The maximum absolute atomic E-state index is 13.3. The van der Waals surface area contributed by atoms with E-state index in [0.717, 1.165) is 49.0 Å². The minimum Gasteiger partial charge on any atom is -0.490 e. The van der Waals surface area contributed by atoms with Crippen LogP contribution in [0, 0.1) is 17.8 Å². The number of hydrogen-bond acceptors (Lipinski definition) is 9. The summed E-state index contributed by atoms with van der Waals surface area (Å²) < 4.78 is 25.3. The van der Waals surface area contributed by atoms with Crippen molar-refractivity contribution in [3.63, 3.8) is 0 Å². The van der Waals surface area contributed by atoms with Crippen molar-refractivity contribution < 1.29 is 38.8 Å². The zero-order valence-corrected chi connectivity index (χ0v) is 27.7. The number of allylic oxidation sites excluding steroid dienone is 1. The number of carbonyl (C=O) groups is 1. The van der Waals surface area contributed by atoms with Gasteiger partial charge in [0.25, 0.3) is 0 Å². The van der Waals surface area contributed by atoms with Crippen molar-refractivity contribution in [1.82, 2.24) is 4.90 Å². The van der Waals surface area contributed by atoms with Crippen LogP contribution in [-0.4, -0.2) is 85.4 Å². The molecule has 2 aliphatic carbocycles. The number of unbranched alkanes of at least 4 members (excludes halogenated alkanes) is 2. The minimum absolute atomic E-state index is 0.108. The van der Waals surface area contributed by atoms with Crippen molar-refractivity contribution in [1.29, 1.82) is 0 Å². The minimum atomic E-state index is -1.29. The number of amides is 1. The molecule has 6 unspecified atom stereocenters. The number of rotatable bonds is 18. The van der Waals surface area contributed by atoms with Crippen LogP contribution in [0.3, 0.4) is 0 Å². The van der Waals surface area contributed by atoms with Gasteiger partial charge in [0.05, 0.1) is 24.8 Å². The molecule has 1 fully saturated rings. The van der Waals surface area contributed by atoms with Crippen molar-refractivity contribution in [3.8, 4) is 11.5 Å². The summed E-state index contributed by atoms with van der Waals surface area (Å²) in [4.78, 5) is 20.6. The molecule has 0 bridgehead atoms. The number of nitrogens with zero attached hydrogens (tertiary/aromatic N) is 2. The predicted octanol–water partition coefficient (Wildman–Crippen LogP) is 5.99. The molecule has 1 saturated carbocycles. The fourth-order valence-corrected chi connectivity index (χ4v) is 7.47. The van der Waals surface area contributed by atoms with Gasteiger partial charge >= 0.3 is 6.09 Å². The highest BCUT2D eigenvalue weighted by Gasteiger charge is 2.65. The number of benzene rings is 1. The molecule has 3 aliphatic rings. The van der Waals surface area contributed by atoms with E-state index in [4.69, 9.17) is 23.8 Å². The molecule has 46 heavy (non-hydrogen) atoms. The molecule has 1 heterocycles. The monoisotopic (exact) mass is 640 g/mol. The van der Waals surface area contributed by atoms with Crippen LogP contribution in [0.15, 0.2) is 60.3 Å². The first-order chi connectivity index (χ1) is 22.4. The number of likely N-dealkylation sites (N-methyl/N-ethyl adjacent to an activating group) is 1. The quantitative estimate of drug-likeness (QED) is 0.114. The highest BCUT2D eigenvalue weighted by molar-refractivity contribution is 6.02. The smallest absolute Gasteiger partial charge is 0.409 e. The van der Waals surface area contributed by atoms with E-state index in [1.165, 1.54) is 0 Å². The molecule has 1 aromatic rings. The van der Waals surface area contributed by atoms with Crippen LogP contribution in [0.5, 0.6) is 11.5 Å². The average molecular weight is 641 g/mol. The number of hydrogen-bond donors (Lipinski definition) is 2. The van der Waals surface area contributed by atoms with Gasteiger partial charge < -0.3 is 38.9 Å². The number of carbonyl (C=O) groups excluding carboxylic acids is 1. The number of aliphatic hydroxyl groups is 2. The molecule has 0 aromatic heterocycles. The summed E-state index contributed by atoms with van der Waals surface area (Å²) in [5.41, 5.74) is 2.75. The van der Waals surface area contributed by atoms with Crippen molar-refractivity contribution in [2.24, 2.45) is 22.9 Å². The average Bonchev–Trinajstić information content (AvgIpc) is 3.06.